The molecule has 0 radical (unpaired) electrons. The number of nitrogens with zero attached hydrogens (tertiary/aromatic N) is 2. The summed E-state index contributed by atoms with van der Waals surface area (Å²) in [7, 11) is 5.06. The predicted octanol–water partition coefficient (Wildman–Crippen LogP) is 3.04. The average molecular weight is 356 g/mol. The van der Waals surface area contributed by atoms with Gasteiger partial charge in [-0.25, -0.2) is 4.79 Å². The Bertz CT molecular complexity index is 732. The lowest BCUT2D eigenvalue weighted by molar-refractivity contribution is 0.0827. The van der Waals surface area contributed by atoms with Gasteiger partial charge in [0.1, 0.15) is 19.0 Å². The van der Waals surface area contributed by atoms with Crippen LogP contribution in [0, 0.1) is 0 Å². The molecule has 0 saturated carbocycles. The normalized spacial score (nSPS) is 10.1. The number of rotatable bonds is 7. The fraction of sp³-hybridized carbons (Fsp3) is 0.300. The van der Waals surface area contributed by atoms with E-state index in [0.717, 1.165) is 5.56 Å². The maximum atomic E-state index is 12.0. The highest BCUT2D eigenvalue weighted by molar-refractivity contribution is 5.94. The van der Waals surface area contributed by atoms with Crippen LogP contribution in [0.2, 0.25) is 0 Å². The highest BCUT2D eigenvalue weighted by Gasteiger charge is 2.11. The van der Waals surface area contributed by atoms with Gasteiger partial charge >= 0.3 is 6.09 Å². The second-order valence-corrected chi connectivity index (χ2v) is 6.04. The van der Waals surface area contributed by atoms with Crippen LogP contribution in [-0.4, -0.2) is 56.1 Å². The lowest BCUT2D eigenvalue weighted by Crippen LogP contribution is -2.31. The quantitative estimate of drug-likeness (QED) is 0.765. The lowest BCUT2D eigenvalue weighted by atomic mass is 10.2. The van der Waals surface area contributed by atoms with Crippen molar-refractivity contribution >= 4 is 12.0 Å². The molecule has 0 aliphatic heterocycles. The van der Waals surface area contributed by atoms with E-state index >= 15 is 0 Å². The van der Waals surface area contributed by atoms with Gasteiger partial charge in [0.15, 0.2) is 0 Å². The molecule has 0 bridgehead atoms. The number of carbonyl (C=O) groups excluding carboxylic acids is 2. The Morgan fingerprint density at radius 2 is 1.69 bits per heavy atom. The zero-order valence-electron chi connectivity index (χ0n) is 15.3. The molecule has 0 aromatic heterocycles. The molecule has 0 atom stereocenters. The molecule has 6 heteroatoms. The van der Waals surface area contributed by atoms with Gasteiger partial charge in [-0.3, -0.25) is 4.79 Å². The molecular weight excluding hydrogens is 332 g/mol. The SMILES string of the molecule is CN(C)C(=O)c1cccc(OCCN(C)C(=O)OCc2ccccc2)c1. The number of hydrogen-bond donors (Lipinski definition) is 0. The second-order valence-electron chi connectivity index (χ2n) is 6.04. The second kappa shape index (κ2) is 9.46. The number of hydrogen-bond acceptors (Lipinski definition) is 4. The molecule has 2 aromatic rings. The summed E-state index contributed by atoms with van der Waals surface area (Å²) in [6.07, 6.45) is -0.408. The van der Waals surface area contributed by atoms with E-state index in [0.29, 0.717) is 24.5 Å². The van der Waals surface area contributed by atoms with Crippen molar-refractivity contribution < 1.29 is 19.1 Å². The molecule has 2 aromatic carbocycles. The van der Waals surface area contributed by atoms with Crippen LogP contribution in [0.25, 0.3) is 0 Å². The van der Waals surface area contributed by atoms with Crippen LogP contribution in [-0.2, 0) is 11.3 Å². The first kappa shape index (κ1) is 19.3. The van der Waals surface area contributed by atoms with Crippen molar-refractivity contribution in [3.63, 3.8) is 0 Å². The van der Waals surface area contributed by atoms with E-state index in [9.17, 15) is 9.59 Å². The molecule has 0 spiro atoms. The van der Waals surface area contributed by atoms with Crippen molar-refractivity contribution in [1.82, 2.24) is 9.80 Å². The molecule has 2 amide bonds. The predicted molar refractivity (Wildman–Crippen MR) is 99.2 cm³/mol. The van der Waals surface area contributed by atoms with Crippen LogP contribution in [0.5, 0.6) is 5.75 Å². The molecule has 0 aliphatic carbocycles. The van der Waals surface area contributed by atoms with Crippen molar-refractivity contribution in [2.75, 3.05) is 34.3 Å². The summed E-state index contributed by atoms with van der Waals surface area (Å²) in [6.45, 7) is 0.912. The summed E-state index contributed by atoms with van der Waals surface area (Å²) < 4.78 is 10.9. The van der Waals surface area contributed by atoms with E-state index in [2.05, 4.69) is 0 Å². The third kappa shape index (κ3) is 5.81. The van der Waals surface area contributed by atoms with E-state index in [1.54, 1.807) is 45.4 Å². The zero-order valence-corrected chi connectivity index (χ0v) is 15.3. The van der Waals surface area contributed by atoms with Crippen molar-refractivity contribution in [3.8, 4) is 5.75 Å². The Labute approximate surface area is 153 Å². The van der Waals surface area contributed by atoms with Crippen LogP contribution in [0.4, 0.5) is 4.79 Å². The van der Waals surface area contributed by atoms with Crippen molar-refractivity contribution in [2.45, 2.75) is 6.61 Å². The van der Waals surface area contributed by atoms with Gasteiger partial charge in [0.2, 0.25) is 0 Å². The number of carbonyl (C=O) groups is 2. The molecule has 0 unspecified atom stereocenters. The van der Waals surface area contributed by atoms with E-state index in [4.69, 9.17) is 9.47 Å². The fourth-order valence-corrected chi connectivity index (χ4v) is 2.20. The molecule has 2 rings (SSSR count). The summed E-state index contributed by atoms with van der Waals surface area (Å²) in [5.41, 5.74) is 1.50. The average Bonchev–Trinajstić information content (AvgIpc) is 2.66. The molecule has 0 fully saturated rings. The van der Waals surface area contributed by atoms with Gasteiger partial charge in [0.05, 0.1) is 6.54 Å². The number of amides is 2. The first-order valence-electron chi connectivity index (χ1n) is 8.33. The summed E-state index contributed by atoms with van der Waals surface area (Å²) in [5, 5.41) is 0. The highest BCUT2D eigenvalue weighted by atomic mass is 16.6. The standard InChI is InChI=1S/C20H24N2O4/c1-21(2)19(23)17-10-7-11-18(14-17)25-13-12-22(3)20(24)26-15-16-8-5-4-6-9-16/h4-11,14H,12-13,15H2,1-3H3. The Hall–Kier alpha value is -3.02. The van der Waals surface area contributed by atoms with Gasteiger partial charge in [-0.2, -0.15) is 0 Å². The molecule has 26 heavy (non-hydrogen) atoms. The zero-order chi connectivity index (χ0) is 18.9. The highest BCUT2D eigenvalue weighted by Crippen LogP contribution is 2.14. The van der Waals surface area contributed by atoms with Crippen molar-refractivity contribution in [1.29, 1.82) is 0 Å². The van der Waals surface area contributed by atoms with Crippen LogP contribution >= 0.6 is 0 Å². The van der Waals surface area contributed by atoms with Crippen molar-refractivity contribution in [3.05, 3.63) is 65.7 Å². The van der Waals surface area contributed by atoms with Crippen molar-refractivity contribution in [2.24, 2.45) is 0 Å². The molecule has 0 saturated heterocycles. The minimum absolute atomic E-state index is 0.0861. The van der Waals surface area contributed by atoms with Crippen LogP contribution in [0.3, 0.4) is 0 Å². The number of likely N-dealkylation sites (N-methyl/N-ethyl adjacent to an activating group) is 1. The Kier molecular flexibility index (Phi) is 7.02. The Morgan fingerprint density at radius 3 is 2.38 bits per heavy atom. The largest absolute Gasteiger partial charge is 0.492 e. The molecule has 0 N–H and O–H groups in total. The maximum absolute atomic E-state index is 12.0. The lowest BCUT2D eigenvalue weighted by Gasteiger charge is -2.17. The van der Waals surface area contributed by atoms with Gasteiger partial charge in [-0.15, -0.1) is 0 Å². The van der Waals surface area contributed by atoms with E-state index < -0.39 is 6.09 Å². The third-order valence-electron chi connectivity index (χ3n) is 3.70. The maximum Gasteiger partial charge on any atom is 0.409 e. The van der Waals surface area contributed by atoms with E-state index in [1.807, 2.05) is 30.3 Å². The van der Waals surface area contributed by atoms with Gasteiger partial charge in [-0.1, -0.05) is 36.4 Å². The molecule has 138 valence electrons. The van der Waals surface area contributed by atoms with Crippen LogP contribution in [0.1, 0.15) is 15.9 Å². The minimum Gasteiger partial charge on any atom is -0.492 e. The molecule has 0 aliphatic rings. The first-order chi connectivity index (χ1) is 12.5. The summed E-state index contributed by atoms with van der Waals surface area (Å²) in [4.78, 5) is 26.9. The van der Waals surface area contributed by atoms with Gasteiger partial charge in [0.25, 0.3) is 5.91 Å². The third-order valence-corrected chi connectivity index (χ3v) is 3.70. The molecule has 0 heterocycles. The van der Waals surface area contributed by atoms with Gasteiger partial charge in [-0.05, 0) is 23.8 Å². The first-order valence-corrected chi connectivity index (χ1v) is 8.33. The minimum atomic E-state index is -0.408. The fourth-order valence-electron chi connectivity index (χ4n) is 2.20. The van der Waals surface area contributed by atoms with Crippen LogP contribution < -0.4 is 4.74 Å². The van der Waals surface area contributed by atoms with E-state index in [1.165, 1.54) is 9.80 Å². The van der Waals surface area contributed by atoms with Gasteiger partial charge in [0, 0.05) is 26.7 Å². The summed E-state index contributed by atoms with van der Waals surface area (Å²) in [6, 6.07) is 16.5. The Balaban J connectivity index is 1.77. The molecular formula is C20H24N2O4. The topological polar surface area (TPSA) is 59.1 Å². The molecule has 6 nitrogen and oxygen atoms in total. The smallest absolute Gasteiger partial charge is 0.409 e. The Morgan fingerprint density at radius 1 is 0.962 bits per heavy atom. The number of ether oxygens (including phenoxy) is 2. The number of benzene rings is 2. The van der Waals surface area contributed by atoms with E-state index in [-0.39, 0.29) is 12.5 Å². The summed E-state index contributed by atoms with van der Waals surface area (Å²) in [5.74, 6) is 0.501. The van der Waals surface area contributed by atoms with Gasteiger partial charge < -0.3 is 19.3 Å². The monoisotopic (exact) mass is 356 g/mol. The summed E-state index contributed by atoms with van der Waals surface area (Å²) >= 11 is 0. The van der Waals surface area contributed by atoms with Crippen LogP contribution in [0.15, 0.2) is 54.6 Å².